The van der Waals surface area contributed by atoms with Crippen molar-refractivity contribution in [3.05, 3.63) is 45.5 Å². The number of anilines is 1. The molecule has 1 aromatic heterocycles. The van der Waals surface area contributed by atoms with Gasteiger partial charge in [-0.25, -0.2) is 4.98 Å². The number of nitro benzene ring substituents is 1. The third kappa shape index (κ3) is 4.37. The van der Waals surface area contributed by atoms with Crippen molar-refractivity contribution < 1.29 is 14.5 Å². The molecule has 0 radical (unpaired) electrons. The number of thiazole rings is 1. The quantitative estimate of drug-likeness (QED) is 0.376. The highest BCUT2D eigenvalue weighted by molar-refractivity contribution is 8.00. The average molecular weight is 337 g/mol. The lowest BCUT2D eigenvalue weighted by Gasteiger charge is -2.02. The van der Waals surface area contributed by atoms with Crippen LogP contribution in [0.5, 0.6) is 0 Å². The smallest absolute Gasteiger partial charge is 0.269 e. The number of ketones is 1. The first-order chi connectivity index (χ1) is 10.5. The third-order valence-corrected chi connectivity index (χ3v) is 4.30. The second-order valence-corrected chi connectivity index (χ2v) is 6.09. The summed E-state index contributed by atoms with van der Waals surface area (Å²) < 4.78 is 0. The van der Waals surface area contributed by atoms with E-state index in [1.165, 1.54) is 42.2 Å². The van der Waals surface area contributed by atoms with Crippen LogP contribution in [0.2, 0.25) is 0 Å². The van der Waals surface area contributed by atoms with E-state index in [2.05, 4.69) is 10.3 Å². The van der Waals surface area contributed by atoms with Crippen LogP contribution in [0.4, 0.5) is 10.8 Å². The van der Waals surface area contributed by atoms with Gasteiger partial charge < -0.3 is 5.32 Å². The summed E-state index contributed by atoms with van der Waals surface area (Å²) in [6.45, 7) is 1.41. The topological polar surface area (TPSA) is 102 Å². The molecule has 9 heteroatoms. The number of rotatable bonds is 6. The minimum atomic E-state index is -0.476. The van der Waals surface area contributed by atoms with Crippen molar-refractivity contribution in [1.82, 2.24) is 4.98 Å². The molecule has 0 unspecified atom stereocenters. The second kappa shape index (κ2) is 7.14. The molecular formula is C13H11N3O4S2. The molecule has 0 bridgehead atoms. The number of amides is 1. The van der Waals surface area contributed by atoms with E-state index >= 15 is 0 Å². The van der Waals surface area contributed by atoms with Gasteiger partial charge in [0.1, 0.15) is 5.69 Å². The zero-order valence-electron chi connectivity index (χ0n) is 11.4. The Bertz CT molecular complexity index is 712. The van der Waals surface area contributed by atoms with Crippen LogP contribution < -0.4 is 5.32 Å². The number of hydrogen-bond donors (Lipinski definition) is 1. The van der Waals surface area contributed by atoms with Gasteiger partial charge in [0.2, 0.25) is 5.91 Å². The van der Waals surface area contributed by atoms with E-state index < -0.39 is 4.92 Å². The molecule has 2 rings (SSSR count). The zero-order chi connectivity index (χ0) is 16.1. The second-order valence-electron chi connectivity index (χ2n) is 4.18. The summed E-state index contributed by atoms with van der Waals surface area (Å²) in [4.78, 5) is 37.7. The van der Waals surface area contributed by atoms with Crippen LogP contribution in [0.15, 0.2) is 34.5 Å². The fraction of sp³-hybridized carbons (Fsp3) is 0.154. The SMILES string of the molecule is CC(=O)c1csc(NC(=O)CSc2ccc([N+](=O)[O-])cc2)n1. The van der Waals surface area contributed by atoms with Crippen molar-refractivity contribution in [3.8, 4) is 0 Å². The Balaban J connectivity index is 1.86. The number of benzene rings is 1. The van der Waals surface area contributed by atoms with Crippen molar-refractivity contribution in [2.24, 2.45) is 0 Å². The van der Waals surface area contributed by atoms with Crippen LogP contribution in [0.1, 0.15) is 17.4 Å². The summed E-state index contributed by atoms with van der Waals surface area (Å²) in [7, 11) is 0. The molecule has 2 aromatic rings. The Kier molecular flexibility index (Phi) is 5.23. The number of nitrogens with one attached hydrogen (secondary N) is 1. The van der Waals surface area contributed by atoms with Gasteiger partial charge in [0, 0.05) is 29.3 Å². The molecule has 0 aliphatic rings. The third-order valence-electron chi connectivity index (χ3n) is 2.53. The van der Waals surface area contributed by atoms with Crippen LogP contribution >= 0.6 is 23.1 Å². The Labute approximate surface area is 133 Å². The number of hydrogen-bond acceptors (Lipinski definition) is 7. The van der Waals surface area contributed by atoms with Crippen molar-refractivity contribution >= 4 is 45.6 Å². The molecule has 1 amide bonds. The monoisotopic (exact) mass is 337 g/mol. The first-order valence-corrected chi connectivity index (χ1v) is 7.96. The van der Waals surface area contributed by atoms with E-state index in [1.54, 1.807) is 17.5 Å². The minimum absolute atomic E-state index is 0.00773. The van der Waals surface area contributed by atoms with E-state index in [0.717, 1.165) is 4.90 Å². The summed E-state index contributed by atoms with van der Waals surface area (Å²) in [6.07, 6.45) is 0. The number of carbonyl (C=O) groups is 2. The van der Waals surface area contributed by atoms with Gasteiger partial charge in [0.25, 0.3) is 5.69 Å². The molecule has 1 heterocycles. The van der Waals surface area contributed by atoms with Crippen molar-refractivity contribution in [1.29, 1.82) is 0 Å². The maximum absolute atomic E-state index is 11.8. The van der Waals surface area contributed by atoms with Gasteiger partial charge in [0.15, 0.2) is 10.9 Å². The van der Waals surface area contributed by atoms with Gasteiger partial charge in [0.05, 0.1) is 10.7 Å². The maximum atomic E-state index is 11.8. The van der Waals surface area contributed by atoms with Crippen LogP contribution in [0, 0.1) is 10.1 Å². The predicted molar refractivity (Wildman–Crippen MR) is 84.6 cm³/mol. The maximum Gasteiger partial charge on any atom is 0.269 e. The van der Waals surface area contributed by atoms with Crippen molar-refractivity contribution in [2.75, 3.05) is 11.1 Å². The number of nitrogens with zero attached hydrogens (tertiary/aromatic N) is 2. The fourth-order valence-corrected chi connectivity index (χ4v) is 2.93. The van der Waals surface area contributed by atoms with Crippen LogP contribution in [0.3, 0.4) is 0 Å². The predicted octanol–water partition coefficient (Wildman–Crippen LogP) is 2.98. The number of aromatic nitrogens is 1. The van der Waals surface area contributed by atoms with E-state index in [9.17, 15) is 19.7 Å². The normalized spacial score (nSPS) is 10.2. The van der Waals surface area contributed by atoms with Crippen LogP contribution in [-0.2, 0) is 4.79 Å². The average Bonchev–Trinajstić information content (AvgIpc) is 2.94. The van der Waals surface area contributed by atoms with Gasteiger partial charge in [-0.1, -0.05) is 0 Å². The molecule has 0 aliphatic heterocycles. The van der Waals surface area contributed by atoms with Crippen LogP contribution in [0.25, 0.3) is 0 Å². The number of thioether (sulfide) groups is 1. The van der Waals surface area contributed by atoms with Gasteiger partial charge in [-0.2, -0.15) is 0 Å². The molecule has 0 saturated carbocycles. The summed E-state index contributed by atoms with van der Waals surface area (Å²) in [5, 5.41) is 15.1. The van der Waals surface area contributed by atoms with Gasteiger partial charge in [-0.15, -0.1) is 23.1 Å². The largest absolute Gasteiger partial charge is 0.301 e. The Hall–Kier alpha value is -2.26. The lowest BCUT2D eigenvalue weighted by Crippen LogP contribution is -2.14. The van der Waals surface area contributed by atoms with Gasteiger partial charge in [-0.3, -0.25) is 19.7 Å². The molecule has 0 aliphatic carbocycles. The molecule has 1 N–H and O–H groups in total. The molecule has 7 nitrogen and oxygen atoms in total. The highest BCUT2D eigenvalue weighted by Crippen LogP contribution is 2.22. The van der Waals surface area contributed by atoms with Crippen molar-refractivity contribution in [2.45, 2.75) is 11.8 Å². The number of Topliss-reactive ketones (excluding diaryl/α,β-unsaturated/α-hetero) is 1. The summed E-state index contributed by atoms with van der Waals surface area (Å²) >= 11 is 2.44. The number of nitro groups is 1. The molecule has 0 fully saturated rings. The van der Waals surface area contributed by atoms with Gasteiger partial charge in [-0.05, 0) is 12.1 Å². The van der Waals surface area contributed by atoms with E-state index in [-0.39, 0.29) is 23.1 Å². The summed E-state index contributed by atoms with van der Waals surface area (Å²) in [5.41, 5.74) is 0.330. The van der Waals surface area contributed by atoms with E-state index in [0.29, 0.717) is 10.8 Å². The van der Waals surface area contributed by atoms with Crippen molar-refractivity contribution in [3.63, 3.8) is 0 Å². The summed E-state index contributed by atoms with van der Waals surface area (Å²) in [5.74, 6) is -0.267. The van der Waals surface area contributed by atoms with Crippen LogP contribution in [-0.4, -0.2) is 27.4 Å². The molecule has 114 valence electrons. The molecule has 0 spiro atoms. The highest BCUT2D eigenvalue weighted by atomic mass is 32.2. The lowest BCUT2D eigenvalue weighted by molar-refractivity contribution is -0.384. The standard InChI is InChI=1S/C13H11N3O4S2/c1-8(17)11-6-22-13(14-11)15-12(18)7-21-10-4-2-9(3-5-10)16(19)20/h2-6H,7H2,1H3,(H,14,15,18). The highest BCUT2D eigenvalue weighted by Gasteiger charge is 2.10. The first kappa shape index (κ1) is 16.1. The van der Waals surface area contributed by atoms with Gasteiger partial charge >= 0.3 is 0 Å². The van der Waals surface area contributed by atoms with E-state index in [4.69, 9.17) is 0 Å². The van der Waals surface area contributed by atoms with E-state index in [1.807, 2.05) is 0 Å². The number of carbonyl (C=O) groups excluding carboxylic acids is 2. The molecular weight excluding hydrogens is 326 g/mol. The minimum Gasteiger partial charge on any atom is -0.301 e. The lowest BCUT2D eigenvalue weighted by atomic mass is 10.3. The molecule has 22 heavy (non-hydrogen) atoms. The first-order valence-electron chi connectivity index (χ1n) is 6.09. The Morgan fingerprint density at radius 3 is 2.59 bits per heavy atom. The molecule has 1 aromatic carbocycles. The summed E-state index contributed by atoms with van der Waals surface area (Å²) in [6, 6.07) is 5.96. The molecule has 0 saturated heterocycles. The molecule has 0 atom stereocenters. The zero-order valence-corrected chi connectivity index (χ0v) is 13.1. The Morgan fingerprint density at radius 2 is 2.05 bits per heavy atom. The Morgan fingerprint density at radius 1 is 1.36 bits per heavy atom. The number of non-ortho nitro benzene ring substituents is 1. The fourth-order valence-electron chi connectivity index (χ4n) is 1.46.